The van der Waals surface area contributed by atoms with Crippen molar-refractivity contribution in [3.63, 3.8) is 0 Å². The molecule has 0 radical (unpaired) electrons. The fourth-order valence-electron chi connectivity index (χ4n) is 4.66. The lowest BCUT2D eigenvalue weighted by Crippen LogP contribution is -2.52. The van der Waals surface area contributed by atoms with Gasteiger partial charge < -0.3 is 10.2 Å². The molecular formula is C32H39Cl2N3O4S. The minimum Gasteiger partial charge on any atom is -0.352 e. The van der Waals surface area contributed by atoms with Crippen LogP contribution in [0.2, 0.25) is 10.0 Å². The number of halogens is 2. The van der Waals surface area contributed by atoms with E-state index in [0.29, 0.717) is 22.2 Å². The molecule has 0 saturated carbocycles. The molecule has 0 aliphatic rings. The lowest BCUT2D eigenvalue weighted by atomic mass is 10.0. The van der Waals surface area contributed by atoms with Gasteiger partial charge in [0.1, 0.15) is 6.04 Å². The zero-order valence-electron chi connectivity index (χ0n) is 24.5. The van der Waals surface area contributed by atoms with E-state index in [1.165, 1.54) is 4.31 Å². The standard InChI is InChI=1S/C32H39Cl2N3O4S/c1-5-24(3)35-32(39)30(21-25-13-7-6-8-14-25)36(22-26-17-18-27(33)28(34)20-26)31(38)16-11-19-37(42(4,40)41)29-15-10-9-12-23(29)2/h6-10,12-15,17-18,20,24,30H,5,11,16,19,21-22H2,1-4H3,(H,35,39)/t24-,30-/m1/s1. The van der Waals surface area contributed by atoms with Crippen LogP contribution in [0.5, 0.6) is 0 Å². The second-order valence-electron chi connectivity index (χ2n) is 10.5. The number of benzene rings is 3. The first kappa shape index (κ1) is 33.4. The molecule has 10 heteroatoms. The van der Waals surface area contributed by atoms with E-state index in [1.54, 1.807) is 35.2 Å². The van der Waals surface area contributed by atoms with Crippen LogP contribution in [0.15, 0.2) is 72.8 Å². The van der Waals surface area contributed by atoms with Gasteiger partial charge in [0.15, 0.2) is 0 Å². The number of sulfonamides is 1. The predicted molar refractivity (Wildman–Crippen MR) is 171 cm³/mol. The molecule has 0 heterocycles. The first-order chi connectivity index (χ1) is 19.9. The Hall–Kier alpha value is -3.07. The highest BCUT2D eigenvalue weighted by atomic mass is 35.5. The molecule has 3 aromatic rings. The zero-order chi connectivity index (χ0) is 30.9. The Morgan fingerprint density at radius 3 is 2.21 bits per heavy atom. The van der Waals surface area contributed by atoms with Crippen LogP contribution in [-0.2, 0) is 32.6 Å². The van der Waals surface area contributed by atoms with Gasteiger partial charge in [-0.2, -0.15) is 0 Å². The molecule has 2 atom stereocenters. The van der Waals surface area contributed by atoms with E-state index in [0.717, 1.165) is 29.4 Å². The Kier molecular flexibility index (Phi) is 12.3. The fraction of sp³-hybridized carbons (Fsp3) is 0.375. The fourth-order valence-corrected chi connectivity index (χ4v) is 6.00. The van der Waals surface area contributed by atoms with Crippen LogP contribution in [0.25, 0.3) is 0 Å². The number of amides is 2. The SMILES string of the molecule is CC[C@@H](C)NC(=O)[C@@H](Cc1ccccc1)N(Cc1ccc(Cl)c(Cl)c1)C(=O)CCCN(c1ccccc1C)S(C)(=O)=O. The van der Waals surface area contributed by atoms with Crippen molar-refractivity contribution in [2.75, 3.05) is 17.1 Å². The van der Waals surface area contributed by atoms with E-state index in [9.17, 15) is 18.0 Å². The number of carbonyl (C=O) groups is 2. The van der Waals surface area contributed by atoms with Crippen molar-refractivity contribution in [3.8, 4) is 0 Å². The molecular weight excluding hydrogens is 593 g/mol. The molecule has 0 aromatic heterocycles. The minimum atomic E-state index is -3.59. The summed E-state index contributed by atoms with van der Waals surface area (Å²) in [5, 5.41) is 3.79. The second kappa shape index (κ2) is 15.4. The van der Waals surface area contributed by atoms with Crippen molar-refractivity contribution in [2.24, 2.45) is 0 Å². The molecule has 226 valence electrons. The molecule has 0 bridgehead atoms. The van der Waals surface area contributed by atoms with Gasteiger partial charge >= 0.3 is 0 Å². The van der Waals surface area contributed by atoms with E-state index in [4.69, 9.17) is 23.2 Å². The summed E-state index contributed by atoms with van der Waals surface area (Å²) in [5.74, 6) is -0.515. The monoisotopic (exact) mass is 631 g/mol. The van der Waals surface area contributed by atoms with Crippen LogP contribution in [0, 0.1) is 6.92 Å². The number of aryl methyl sites for hydroxylation is 1. The van der Waals surface area contributed by atoms with Crippen LogP contribution in [0.4, 0.5) is 5.69 Å². The van der Waals surface area contributed by atoms with Gasteiger partial charge in [-0.3, -0.25) is 13.9 Å². The van der Waals surface area contributed by atoms with Crippen molar-refractivity contribution in [1.29, 1.82) is 0 Å². The largest absolute Gasteiger partial charge is 0.352 e. The molecule has 1 N–H and O–H groups in total. The number of nitrogens with one attached hydrogen (secondary N) is 1. The molecule has 0 fully saturated rings. The maximum Gasteiger partial charge on any atom is 0.243 e. The maximum atomic E-state index is 13.9. The third-order valence-electron chi connectivity index (χ3n) is 7.15. The second-order valence-corrected chi connectivity index (χ2v) is 13.2. The van der Waals surface area contributed by atoms with E-state index < -0.39 is 16.1 Å². The van der Waals surface area contributed by atoms with Gasteiger partial charge in [0, 0.05) is 32.0 Å². The van der Waals surface area contributed by atoms with Gasteiger partial charge in [-0.15, -0.1) is 0 Å². The molecule has 7 nitrogen and oxygen atoms in total. The Morgan fingerprint density at radius 2 is 1.60 bits per heavy atom. The first-order valence-corrected chi connectivity index (χ1v) is 16.6. The lowest BCUT2D eigenvalue weighted by molar-refractivity contribution is -0.141. The molecule has 0 aliphatic carbocycles. The summed E-state index contributed by atoms with van der Waals surface area (Å²) >= 11 is 12.4. The number of carbonyl (C=O) groups excluding carboxylic acids is 2. The number of hydrogen-bond donors (Lipinski definition) is 1. The Balaban J connectivity index is 1.92. The number of rotatable bonds is 14. The Bertz CT molecular complexity index is 1470. The normalized spacial score (nSPS) is 12.8. The molecule has 3 rings (SSSR count). The third-order valence-corrected chi connectivity index (χ3v) is 9.06. The lowest BCUT2D eigenvalue weighted by Gasteiger charge is -2.33. The van der Waals surface area contributed by atoms with Gasteiger partial charge in [-0.1, -0.05) is 84.7 Å². The Morgan fingerprint density at radius 1 is 0.929 bits per heavy atom. The number of nitrogens with zero attached hydrogens (tertiary/aromatic N) is 2. The number of anilines is 1. The highest BCUT2D eigenvalue weighted by Crippen LogP contribution is 2.26. The molecule has 42 heavy (non-hydrogen) atoms. The summed E-state index contributed by atoms with van der Waals surface area (Å²) in [5.41, 5.74) is 3.04. The van der Waals surface area contributed by atoms with Crippen molar-refractivity contribution in [2.45, 2.75) is 65.1 Å². The summed E-state index contributed by atoms with van der Waals surface area (Å²) in [6.45, 7) is 6.01. The Labute approximate surface area is 259 Å². The zero-order valence-corrected chi connectivity index (χ0v) is 26.8. The molecule has 0 saturated heterocycles. The quantitative estimate of drug-likeness (QED) is 0.223. The summed E-state index contributed by atoms with van der Waals surface area (Å²) in [6.07, 6.45) is 2.52. The number of hydrogen-bond acceptors (Lipinski definition) is 4. The van der Waals surface area contributed by atoms with Gasteiger partial charge in [0.05, 0.1) is 22.0 Å². The van der Waals surface area contributed by atoms with Crippen molar-refractivity contribution in [1.82, 2.24) is 10.2 Å². The van der Waals surface area contributed by atoms with Crippen molar-refractivity contribution >= 4 is 50.7 Å². The van der Waals surface area contributed by atoms with Crippen LogP contribution in [0.3, 0.4) is 0 Å². The van der Waals surface area contributed by atoms with E-state index >= 15 is 0 Å². The summed E-state index contributed by atoms with van der Waals surface area (Å²) < 4.78 is 26.7. The van der Waals surface area contributed by atoms with Crippen molar-refractivity contribution in [3.05, 3.63) is 99.5 Å². The summed E-state index contributed by atoms with van der Waals surface area (Å²) in [6, 6.07) is 21.1. The smallest absolute Gasteiger partial charge is 0.243 e. The average Bonchev–Trinajstić information content (AvgIpc) is 2.95. The topological polar surface area (TPSA) is 86.8 Å². The highest BCUT2D eigenvalue weighted by Gasteiger charge is 2.31. The van der Waals surface area contributed by atoms with Gasteiger partial charge in [-0.25, -0.2) is 8.42 Å². The number of para-hydroxylation sites is 1. The molecule has 3 aromatic carbocycles. The van der Waals surface area contributed by atoms with Crippen LogP contribution >= 0.6 is 23.2 Å². The van der Waals surface area contributed by atoms with Crippen LogP contribution in [0.1, 0.15) is 49.8 Å². The molecule has 2 amide bonds. The molecule has 0 unspecified atom stereocenters. The molecule has 0 aliphatic heterocycles. The van der Waals surface area contributed by atoms with Crippen molar-refractivity contribution < 1.29 is 18.0 Å². The first-order valence-electron chi connectivity index (χ1n) is 14.0. The van der Waals surface area contributed by atoms with E-state index in [-0.39, 0.29) is 43.8 Å². The van der Waals surface area contributed by atoms with Crippen LogP contribution in [-0.4, -0.2) is 50.0 Å². The highest BCUT2D eigenvalue weighted by molar-refractivity contribution is 7.92. The minimum absolute atomic E-state index is 0.0428. The summed E-state index contributed by atoms with van der Waals surface area (Å²) in [7, 11) is -3.59. The summed E-state index contributed by atoms with van der Waals surface area (Å²) in [4.78, 5) is 29.2. The van der Waals surface area contributed by atoms with E-state index in [1.807, 2.05) is 63.2 Å². The predicted octanol–water partition coefficient (Wildman–Crippen LogP) is 6.40. The third kappa shape index (κ3) is 9.48. The van der Waals surface area contributed by atoms with Crippen LogP contribution < -0.4 is 9.62 Å². The maximum absolute atomic E-state index is 13.9. The van der Waals surface area contributed by atoms with Gasteiger partial charge in [0.2, 0.25) is 21.8 Å². The van der Waals surface area contributed by atoms with Gasteiger partial charge in [0.25, 0.3) is 0 Å². The van der Waals surface area contributed by atoms with Gasteiger partial charge in [-0.05, 0) is 61.6 Å². The average molecular weight is 633 g/mol. The van der Waals surface area contributed by atoms with E-state index in [2.05, 4.69) is 5.32 Å². The molecule has 0 spiro atoms.